The Morgan fingerprint density at radius 2 is 2.08 bits per heavy atom. The van der Waals surface area contributed by atoms with Gasteiger partial charge in [0.15, 0.2) is 0 Å². The first kappa shape index (κ1) is 17.9. The summed E-state index contributed by atoms with van der Waals surface area (Å²) in [6.07, 6.45) is 1.96. The van der Waals surface area contributed by atoms with Crippen LogP contribution in [0.25, 0.3) is 0 Å². The number of nitrogens with zero attached hydrogens (tertiary/aromatic N) is 1. The van der Waals surface area contributed by atoms with Crippen LogP contribution in [0.4, 0.5) is 0 Å². The van der Waals surface area contributed by atoms with Crippen molar-refractivity contribution in [1.29, 1.82) is 0 Å². The molecule has 0 unspecified atom stereocenters. The third-order valence-electron chi connectivity index (χ3n) is 4.07. The Morgan fingerprint density at radius 1 is 1.36 bits per heavy atom. The number of thiazole rings is 1. The van der Waals surface area contributed by atoms with Crippen molar-refractivity contribution in [3.63, 3.8) is 0 Å². The fourth-order valence-corrected chi connectivity index (χ4v) is 4.12. The molecule has 1 atom stereocenters. The van der Waals surface area contributed by atoms with E-state index < -0.39 is 5.97 Å². The summed E-state index contributed by atoms with van der Waals surface area (Å²) in [5, 5.41) is 15.0. The molecule has 132 valence electrons. The molecule has 1 aliphatic carbocycles. The maximum atomic E-state index is 12.3. The molecular formula is C18H20N2O3S2. The molecule has 3 rings (SSSR count). The van der Waals surface area contributed by atoms with Gasteiger partial charge in [-0.05, 0) is 49.9 Å². The van der Waals surface area contributed by atoms with E-state index >= 15 is 0 Å². The molecule has 1 aliphatic rings. The van der Waals surface area contributed by atoms with E-state index in [1.54, 1.807) is 35.2 Å². The Kier molecular flexibility index (Phi) is 5.75. The number of aliphatic carboxylic acids is 1. The van der Waals surface area contributed by atoms with Gasteiger partial charge in [-0.1, -0.05) is 0 Å². The molecule has 0 bridgehead atoms. The number of carbonyl (C=O) groups is 2. The third-order valence-corrected chi connectivity index (χ3v) is 5.94. The van der Waals surface area contributed by atoms with Crippen molar-refractivity contribution in [1.82, 2.24) is 10.3 Å². The van der Waals surface area contributed by atoms with Crippen molar-refractivity contribution < 1.29 is 14.7 Å². The maximum Gasteiger partial charge on any atom is 0.305 e. The monoisotopic (exact) mass is 376 g/mol. The number of amides is 1. The minimum atomic E-state index is -0.874. The van der Waals surface area contributed by atoms with Crippen molar-refractivity contribution in [2.24, 2.45) is 5.92 Å². The van der Waals surface area contributed by atoms with Gasteiger partial charge in [-0.3, -0.25) is 9.59 Å². The number of carboxylic acid groups (broad SMARTS) is 1. The zero-order valence-corrected chi connectivity index (χ0v) is 15.5. The first-order valence-corrected chi connectivity index (χ1v) is 10.0. The SMILES string of the molecule is Cc1nc(CSc2ccc(C(=O)N[C@H](CC(=O)O)C3CC3)cc2)cs1. The lowest BCUT2D eigenvalue weighted by atomic mass is 10.1. The minimum Gasteiger partial charge on any atom is -0.481 e. The van der Waals surface area contributed by atoms with E-state index in [1.165, 1.54) is 0 Å². The molecule has 7 heteroatoms. The van der Waals surface area contributed by atoms with Crippen LogP contribution in [0.15, 0.2) is 34.5 Å². The number of benzene rings is 1. The van der Waals surface area contributed by atoms with Crippen molar-refractivity contribution in [2.45, 2.75) is 42.9 Å². The van der Waals surface area contributed by atoms with Gasteiger partial charge in [-0.25, -0.2) is 4.98 Å². The number of rotatable bonds is 8. The van der Waals surface area contributed by atoms with Crippen molar-refractivity contribution in [2.75, 3.05) is 0 Å². The molecule has 1 fully saturated rings. The van der Waals surface area contributed by atoms with E-state index in [0.717, 1.165) is 34.2 Å². The average molecular weight is 377 g/mol. The molecule has 1 saturated carbocycles. The van der Waals surface area contributed by atoms with E-state index in [1.807, 2.05) is 19.1 Å². The zero-order valence-electron chi connectivity index (χ0n) is 13.9. The first-order valence-electron chi connectivity index (χ1n) is 8.18. The fraction of sp³-hybridized carbons (Fsp3) is 0.389. The number of aromatic nitrogens is 1. The molecule has 0 saturated heterocycles. The van der Waals surface area contributed by atoms with Gasteiger partial charge >= 0.3 is 5.97 Å². The molecule has 1 heterocycles. The van der Waals surface area contributed by atoms with Crippen LogP contribution in [0.3, 0.4) is 0 Å². The summed E-state index contributed by atoms with van der Waals surface area (Å²) in [6, 6.07) is 7.14. The smallest absolute Gasteiger partial charge is 0.305 e. The topological polar surface area (TPSA) is 79.3 Å². The largest absolute Gasteiger partial charge is 0.481 e. The highest BCUT2D eigenvalue weighted by Gasteiger charge is 2.33. The van der Waals surface area contributed by atoms with Gasteiger partial charge in [0.2, 0.25) is 0 Å². The molecule has 2 N–H and O–H groups in total. The molecule has 5 nitrogen and oxygen atoms in total. The first-order chi connectivity index (χ1) is 12.0. The van der Waals surface area contributed by atoms with Crippen LogP contribution >= 0.6 is 23.1 Å². The van der Waals surface area contributed by atoms with E-state index in [2.05, 4.69) is 15.7 Å². The van der Waals surface area contributed by atoms with Gasteiger partial charge in [0.25, 0.3) is 5.91 Å². The van der Waals surface area contributed by atoms with Crippen LogP contribution in [-0.2, 0) is 10.5 Å². The highest BCUT2D eigenvalue weighted by Crippen LogP contribution is 2.34. The normalized spacial score (nSPS) is 14.9. The Bertz CT molecular complexity index is 754. The highest BCUT2D eigenvalue weighted by atomic mass is 32.2. The lowest BCUT2D eigenvalue weighted by Crippen LogP contribution is -2.38. The number of hydrogen-bond acceptors (Lipinski definition) is 5. The predicted octanol–water partition coefficient (Wildman–Crippen LogP) is 3.73. The number of hydrogen-bond donors (Lipinski definition) is 2. The van der Waals surface area contributed by atoms with Crippen LogP contribution < -0.4 is 5.32 Å². The Labute approximate surface area is 154 Å². The molecule has 0 aliphatic heterocycles. The second kappa shape index (κ2) is 8.01. The Morgan fingerprint density at radius 3 is 2.64 bits per heavy atom. The average Bonchev–Trinajstić information content (AvgIpc) is 3.35. The summed E-state index contributed by atoms with van der Waals surface area (Å²) in [7, 11) is 0. The van der Waals surface area contributed by atoms with Crippen LogP contribution in [0, 0.1) is 12.8 Å². The standard InChI is InChI=1S/C18H20N2O3S2/c1-11-19-14(9-24-11)10-25-15-6-4-13(5-7-15)18(23)20-16(8-17(21)22)12-2-3-12/h4-7,9,12,16H,2-3,8,10H2,1H3,(H,20,23)(H,21,22)/t16-/m1/s1. The van der Waals surface area contributed by atoms with Gasteiger partial charge < -0.3 is 10.4 Å². The lowest BCUT2D eigenvalue weighted by molar-refractivity contribution is -0.137. The zero-order chi connectivity index (χ0) is 17.8. The summed E-state index contributed by atoms with van der Waals surface area (Å²) in [6.45, 7) is 1.99. The van der Waals surface area contributed by atoms with E-state index in [-0.39, 0.29) is 18.4 Å². The molecule has 0 radical (unpaired) electrons. The quantitative estimate of drug-likeness (QED) is 0.686. The number of aryl methyl sites for hydroxylation is 1. The summed E-state index contributed by atoms with van der Waals surface area (Å²) >= 11 is 3.32. The molecule has 0 spiro atoms. The predicted molar refractivity (Wildman–Crippen MR) is 99.1 cm³/mol. The molecule has 1 amide bonds. The maximum absolute atomic E-state index is 12.3. The van der Waals surface area contributed by atoms with Gasteiger partial charge in [0, 0.05) is 27.6 Å². The van der Waals surface area contributed by atoms with Gasteiger partial charge in [-0.2, -0.15) is 0 Å². The van der Waals surface area contributed by atoms with Crippen molar-refractivity contribution >= 4 is 35.0 Å². The van der Waals surface area contributed by atoms with Gasteiger partial charge in [0.1, 0.15) is 0 Å². The number of thioether (sulfide) groups is 1. The fourth-order valence-electron chi connectivity index (χ4n) is 2.61. The number of carboxylic acids is 1. The van der Waals surface area contributed by atoms with Gasteiger partial charge in [0.05, 0.1) is 17.1 Å². The summed E-state index contributed by atoms with van der Waals surface area (Å²) < 4.78 is 0. The summed E-state index contributed by atoms with van der Waals surface area (Å²) in [5.41, 5.74) is 1.63. The highest BCUT2D eigenvalue weighted by molar-refractivity contribution is 7.98. The molecule has 1 aromatic carbocycles. The molecule has 1 aromatic heterocycles. The third kappa shape index (κ3) is 5.31. The van der Waals surface area contributed by atoms with E-state index in [9.17, 15) is 9.59 Å². The molecular weight excluding hydrogens is 356 g/mol. The van der Waals surface area contributed by atoms with Crippen LogP contribution in [0.1, 0.15) is 40.3 Å². The van der Waals surface area contributed by atoms with E-state index in [4.69, 9.17) is 5.11 Å². The second-order valence-electron chi connectivity index (χ2n) is 6.19. The second-order valence-corrected chi connectivity index (χ2v) is 8.30. The molecule has 25 heavy (non-hydrogen) atoms. The van der Waals surface area contributed by atoms with Crippen molar-refractivity contribution in [3.05, 3.63) is 45.9 Å². The Hall–Kier alpha value is -1.86. The van der Waals surface area contributed by atoms with E-state index in [0.29, 0.717) is 11.5 Å². The number of nitrogens with one attached hydrogen (secondary N) is 1. The number of carbonyl (C=O) groups excluding carboxylic acids is 1. The minimum absolute atomic E-state index is 0.0165. The summed E-state index contributed by atoms with van der Waals surface area (Å²) in [4.78, 5) is 28.8. The Balaban J connectivity index is 1.55. The molecule has 2 aromatic rings. The summed E-state index contributed by atoms with van der Waals surface area (Å²) in [5.74, 6) is 0.0284. The van der Waals surface area contributed by atoms with Gasteiger partial charge in [-0.15, -0.1) is 23.1 Å². The van der Waals surface area contributed by atoms with Crippen LogP contribution in [-0.4, -0.2) is 28.0 Å². The van der Waals surface area contributed by atoms with Crippen molar-refractivity contribution in [3.8, 4) is 0 Å². The van der Waals surface area contributed by atoms with Crippen LogP contribution in [0.2, 0.25) is 0 Å². The lowest BCUT2D eigenvalue weighted by Gasteiger charge is -2.16. The van der Waals surface area contributed by atoms with Crippen LogP contribution in [0.5, 0.6) is 0 Å².